The number of aliphatic imine (C=N–C) groups is 1. The van der Waals surface area contributed by atoms with Crippen molar-refractivity contribution in [1.82, 2.24) is 4.90 Å². The van der Waals surface area contributed by atoms with Crippen LogP contribution in [0.5, 0.6) is 0 Å². The lowest BCUT2D eigenvalue weighted by Gasteiger charge is -2.19. The molecule has 3 nitrogen and oxygen atoms in total. The highest BCUT2D eigenvalue weighted by molar-refractivity contribution is 8.18. The summed E-state index contributed by atoms with van der Waals surface area (Å²) in [4.78, 5) is 20.2. The van der Waals surface area contributed by atoms with Gasteiger partial charge in [-0.15, -0.1) is 0 Å². The molecule has 1 fully saturated rings. The fourth-order valence-corrected chi connectivity index (χ4v) is 4.00. The first kappa shape index (κ1) is 19.4. The minimum atomic E-state index is 0.0220. The van der Waals surface area contributed by atoms with E-state index in [1.54, 1.807) is 4.90 Å². The highest BCUT2D eigenvalue weighted by atomic mass is 32.2. The van der Waals surface area contributed by atoms with E-state index in [1.807, 2.05) is 44.2 Å². The summed E-state index contributed by atoms with van der Waals surface area (Å²) in [6.45, 7) is 10.4. The van der Waals surface area contributed by atoms with E-state index in [1.165, 1.54) is 22.9 Å². The molecule has 0 bridgehead atoms. The van der Waals surface area contributed by atoms with Gasteiger partial charge in [0.05, 0.1) is 10.6 Å². The van der Waals surface area contributed by atoms with Gasteiger partial charge in [-0.1, -0.05) is 55.8 Å². The molecule has 1 aliphatic rings. The van der Waals surface area contributed by atoms with Gasteiger partial charge in [0.25, 0.3) is 5.91 Å². The highest BCUT2D eigenvalue weighted by Crippen LogP contribution is 2.35. The number of hydrogen-bond acceptors (Lipinski definition) is 3. The zero-order valence-electron chi connectivity index (χ0n) is 16.6. The minimum Gasteiger partial charge on any atom is -0.284 e. The molecule has 140 valence electrons. The number of carbonyl (C=O) groups excluding carboxylic acids is 1. The predicted octanol–water partition coefficient (Wildman–Crippen LogP) is 6.13. The van der Waals surface area contributed by atoms with Crippen LogP contribution in [0.2, 0.25) is 0 Å². The number of amides is 1. The number of carbonyl (C=O) groups is 1. The van der Waals surface area contributed by atoms with Crippen LogP contribution in [0.15, 0.2) is 58.4 Å². The van der Waals surface area contributed by atoms with Crippen molar-refractivity contribution in [2.24, 2.45) is 4.99 Å². The van der Waals surface area contributed by atoms with E-state index in [9.17, 15) is 4.79 Å². The number of hydrogen-bond donors (Lipinski definition) is 0. The molecule has 1 saturated heterocycles. The van der Waals surface area contributed by atoms with Gasteiger partial charge in [0.15, 0.2) is 5.17 Å². The van der Waals surface area contributed by atoms with Crippen molar-refractivity contribution in [3.8, 4) is 0 Å². The van der Waals surface area contributed by atoms with Gasteiger partial charge in [-0.3, -0.25) is 9.69 Å². The summed E-state index contributed by atoms with van der Waals surface area (Å²) in [7, 11) is 0. The summed E-state index contributed by atoms with van der Waals surface area (Å²) in [5.41, 5.74) is 4.40. The number of nitrogens with zero attached hydrogens (tertiary/aromatic N) is 2. The largest absolute Gasteiger partial charge is 0.284 e. The third-order valence-electron chi connectivity index (χ3n) is 4.51. The van der Waals surface area contributed by atoms with Crippen LogP contribution in [-0.2, 0) is 4.79 Å². The van der Waals surface area contributed by atoms with Crippen LogP contribution in [0.1, 0.15) is 50.3 Å². The van der Waals surface area contributed by atoms with Gasteiger partial charge in [-0.25, -0.2) is 4.99 Å². The molecular formula is C23H26N2OS. The van der Waals surface area contributed by atoms with Gasteiger partial charge in [-0.05, 0) is 67.8 Å². The van der Waals surface area contributed by atoms with E-state index in [0.29, 0.717) is 10.8 Å². The zero-order valence-corrected chi connectivity index (χ0v) is 17.4. The Kier molecular flexibility index (Phi) is 5.85. The highest BCUT2D eigenvalue weighted by Gasteiger charge is 2.35. The summed E-state index contributed by atoms with van der Waals surface area (Å²) in [6, 6.07) is 16.5. The molecule has 0 aromatic heterocycles. The molecule has 2 aromatic rings. The monoisotopic (exact) mass is 378 g/mol. The van der Waals surface area contributed by atoms with Crippen molar-refractivity contribution in [3.63, 3.8) is 0 Å². The third-order valence-corrected chi connectivity index (χ3v) is 5.50. The van der Waals surface area contributed by atoms with E-state index in [2.05, 4.69) is 45.0 Å². The van der Waals surface area contributed by atoms with Crippen LogP contribution in [0.4, 0.5) is 5.69 Å². The molecule has 0 unspecified atom stereocenters. The van der Waals surface area contributed by atoms with Crippen LogP contribution >= 0.6 is 11.8 Å². The molecule has 0 radical (unpaired) electrons. The Labute approximate surface area is 166 Å². The van der Waals surface area contributed by atoms with Gasteiger partial charge < -0.3 is 0 Å². The molecule has 0 saturated carbocycles. The van der Waals surface area contributed by atoms with E-state index in [-0.39, 0.29) is 11.9 Å². The Morgan fingerprint density at radius 3 is 2.15 bits per heavy atom. The number of aryl methyl sites for hydroxylation is 1. The summed E-state index contributed by atoms with van der Waals surface area (Å²) in [5.74, 6) is 0.521. The standard InChI is InChI=1S/C23H26N2OS/c1-15(2)19-10-8-18(9-11-19)14-21-22(26)25(16(3)4)23(27-21)24-20-12-6-17(5)7-13-20/h6-16H,1-5H3/b21-14+,24-23?. The maximum Gasteiger partial charge on any atom is 0.266 e. The second kappa shape index (κ2) is 8.13. The first-order valence-corrected chi connectivity index (χ1v) is 10.1. The normalized spacial score (nSPS) is 17.7. The number of benzene rings is 2. The molecule has 3 rings (SSSR count). The topological polar surface area (TPSA) is 32.7 Å². The Balaban J connectivity index is 1.91. The van der Waals surface area contributed by atoms with Crippen LogP contribution in [-0.4, -0.2) is 22.0 Å². The lowest BCUT2D eigenvalue weighted by molar-refractivity contribution is -0.123. The van der Waals surface area contributed by atoms with Gasteiger partial charge >= 0.3 is 0 Å². The fourth-order valence-electron chi connectivity index (χ4n) is 2.88. The molecule has 0 spiro atoms. The van der Waals surface area contributed by atoms with Gasteiger partial charge in [0.2, 0.25) is 0 Å². The quantitative estimate of drug-likeness (QED) is 0.599. The van der Waals surface area contributed by atoms with Crippen molar-refractivity contribution in [3.05, 3.63) is 70.1 Å². The van der Waals surface area contributed by atoms with Crippen LogP contribution in [0.3, 0.4) is 0 Å². The van der Waals surface area contributed by atoms with Gasteiger partial charge in [0.1, 0.15) is 0 Å². The Morgan fingerprint density at radius 1 is 0.963 bits per heavy atom. The second-order valence-corrected chi connectivity index (χ2v) is 8.44. The van der Waals surface area contributed by atoms with E-state index in [0.717, 1.165) is 16.4 Å². The van der Waals surface area contributed by atoms with Crippen LogP contribution in [0.25, 0.3) is 6.08 Å². The SMILES string of the molecule is Cc1ccc(N=C2S/C(=C/c3ccc(C(C)C)cc3)C(=O)N2C(C)C)cc1. The van der Waals surface area contributed by atoms with Gasteiger partial charge in [0, 0.05) is 6.04 Å². The third kappa shape index (κ3) is 4.51. The average Bonchev–Trinajstić information content (AvgIpc) is 2.92. The number of thioether (sulfide) groups is 1. The Hall–Kier alpha value is -2.33. The summed E-state index contributed by atoms with van der Waals surface area (Å²) in [5, 5.41) is 0.740. The smallest absolute Gasteiger partial charge is 0.266 e. The molecule has 2 aromatic carbocycles. The lowest BCUT2D eigenvalue weighted by atomic mass is 10.0. The average molecular weight is 379 g/mol. The summed E-state index contributed by atoms with van der Waals surface area (Å²) in [6.07, 6.45) is 1.96. The van der Waals surface area contributed by atoms with E-state index in [4.69, 9.17) is 4.99 Å². The molecule has 27 heavy (non-hydrogen) atoms. The molecule has 0 N–H and O–H groups in total. The number of rotatable bonds is 4. The second-order valence-electron chi connectivity index (χ2n) is 7.43. The van der Waals surface area contributed by atoms with Crippen molar-refractivity contribution < 1.29 is 4.79 Å². The molecule has 0 atom stereocenters. The molecule has 4 heteroatoms. The molecule has 0 aliphatic carbocycles. The summed E-state index contributed by atoms with van der Waals surface area (Å²) < 4.78 is 0. The maximum atomic E-state index is 12.9. The fraction of sp³-hybridized carbons (Fsp3) is 0.304. The first-order chi connectivity index (χ1) is 12.8. The first-order valence-electron chi connectivity index (χ1n) is 9.33. The lowest BCUT2D eigenvalue weighted by Crippen LogP contribution is -2.35. The maximum absolute atomic E-state index is 12.9. The minimum absolute atomic E-state index is 0.0220. The van der Waals surface area contributed by atoms with E-state index < -0.39 is 0 Å². The van der Waals surface area contributed by atoms with Crippen LogP contribution < -0.4 is 0 Å². The van der Waals surface area contributed by atoms with Crippen molar-refractivity contribution in [2.45, 2.75) is 46.6 Å². The van der Waals surface area contributed by atoms with Crippen molar-refractivity contribution in [1.29, 1.82) is 0 Å². The van der Waals surface area contributed by atoms with E-state index >= 15 is 0 Å². The molecular weight excluding hydrogens is 352 g/mol. The molecule has 1 amide bonds. The van der Waals surface area contributed by atoms with Gasteiger partial charge in [-0.2, -0.15) is 0 Å². The summed E-state index contributed by atoms with van der Waals surface area (Å²) >= 11 is 1.45. The van der Waals surface area contributed by atoms with Crippen molar-refractivity contribution in [2.75, 3.05) is 0 Å². The number of amidine groups is 1. The van der Waals surface area contributed by atoms with Crippen molar-refractivity contribution >= 4 is 34.6 Å². The molecule has 1 heterocycles. The predicted molar refractivity (Wildman–Crippen MR) is 116 cm³/mol. The zero-order chi connectivity index (χ0) is 19.6. The Morgan fingerprint density at radius 2 is 1.59 bits per heavy atom. The Bertz CT molecular complexity index is 878. The molecule has 1 aliphatic heterocycles. The van der Waals surface area contributed by atoms with Crippen LogP contribution in [0, 0.1) is 6.92 Å².